The molecule has 0 fully saturated rings. The minimum atomic E-state index is -1.75. The number of nitrogens with zero attached hydrogens (tertiary/aromatic N) is 1. The number of hydrogen-bond acceptors (Lipinski definition) is 3. The van der Waals surface area contributed by atoms with Gasteiger partial charge in [0, 0.05) is 40.4 Å². The Morgan fingerprint density at radius 3 is 0.727 bits per heavy atom. The van der Waals surface area contributed by atoms with Crippen LogP contribution >= 0.6 is 0 Å². The molecule has 0 aliphatic heterocycles. The molecule has 0 spiro atoms. The maximum atomic E-state index is 8.25. The van der Waals surface area contributed by atoms with Gasteiger partial charge in [-0.1, -0.05) is 0 Å². The second kappa shape index (κ2) is 81.9. The summed E-state index contributed by atoms with van der Waals surface area (Å²) in [5.41, 5.74) is 0. The van der Waals surface area contributed by atoms with Gasteiger partial charge in [-0.3, -0.25) is 0 Å². The molecule has 0 bridgehead atoms. The fourth-order valence-electron chi connectivity index (χ4n) is 0. The molecule has 0 saturated carbocycles. The van der Waals surface area contributed by atoms with Crippen molar-refractivity contribution < 1.29 is 78.3 Å². The summed E-state index contributed by atoms with van der Waals surface area (Å²) in [6, 6.07) is 0. The quantitative estimate of drug-likeness (QED) is 0.313. The summed E-state index contributed by atoms with van der Waals surface area (Å²) in [5.74, 6) is 0. The summed E-state index contributed by atoms with van der Waals surface area (Å²) >= 11 is 0. The first kappa shape index (κ1) is 110. The van der Waals surface area contributed by atoms with Crippen molar-refractivity contribution >= 4 is 0 Å². The molecule has 11 heteroatoms. The Bertz CT molecular complexity index is 32.5. The zero-order valence-corrected chi connectivity index (χ0v) is 7.99. The van der Waals surface area contributed by atoms with Crippen LogP contribution in [0.1, 0.15) is 0 Å². The molecule has 0 unspecified atom stereocenters. The van der Waals surface area contributed by atoms with Crippen LogP contribution in [-0.2, 0) is 0 Å². The van der Waals surface area contributed by atoms with Crippen LogP contribution in [-0.4, -0.2) is 37.9 Å². The van der Waals surface area contributed by atoms with Crippen molar-refractivity contribution in [3.05, 3.63) is 15.3 Å². The van der Waals surface area contributed by atoms with Crippen molar-refractivity contribution in [2.24, 2.45) is 0 Å². The number of rotatable bonds is 0. The zero-order chi connectivity index (χ0) is 3.58. The molecule has 0 atom stereocenters. The summed E-state index contributed by atoms with van der Waals surface area (Å²) in [4.78, 5) is 8.25. The predicted molar refractivity (Wildman–Crippen MR) is 32.0 cm³/mol. The molecular weight excluding hydrogens is 303 g/mol. The Morgan fingerprint density at radius 1 is 0.727 bits per heavy atom. The summed E-state index contributed by atoms with van der Waals surface area (Å²) in [5, 5.41) is 14.8. The van der Waals surface area contributed by atoms with E-state index in [2.05, 4.69) is 0 Å². The molecule has 10 nitrogen and oxygen atoms in total. The monoisotopic (exact) mass is 315 g/mol. The Hall–Kier alpha value is 0.298. The third-order valence-corrected chi connectivity index (χ3v) is 0. The number of hydrogen-bond donors (Lipinski definition) is 0. The van der Waals surface area contributed by atoms with E-state index in [-0.39, 0.29) is 73.2 Å². The summed E-state index contributed by atoms with van der Waals surface area (Å²) in [6.45, 7) is 0. The van der Waals surface area contributed by atoms with E-state index in [1.807, 2.05) is 0 Å². The minimum absolute atomic E-state index is 0. The molecule has 0 aromatic carbocycles. The zero-order valence-electron chi connectivity index (χ0n) is 5.12. The van der Waals surface area contributed by atoms with Gasteiger partial charge in [0.1, 0.15) is 0 Å². The van der Waals surface area contributed by atoms with Crippen LogP contribution in [0.5, 0.6) is 0 Å². The molecule has 0 amide bonds. The predicted octanol–water partition coefficient (Wildman–Crippen LogP) is -5.19. The maximum Gasteiger partial charge on any atom is 0.0689 e. The van der Waals surface area contributed by atoms with Crippen molar-refractivity contribution in [1.82, 2.24) is 0 Å². The molecule has 0 aliphatic carbocycles. The van der Waals surface area contributed by atoms with E-state index in [1.165, 1.54) is 0 Å². The van der Waals surface area contributed by atoms with Gasteiger partial charge in [0.05, 0.1) is 5.09 Å². The third-order valence-electron chi connectivity index (χ3n) is 0. The Kier molecular flexibility index (Phi) is 820. The van der Waals surface area contributed by atoms with E-state index in [9.17, 15) is 0 Å². The summed E-state index contributed by atoms with van der Waals surface area (Å²) in [6.07, 6.45) is 0. The SMILES string of the molecule is O.O.O.O.O.O.O=[N+]([O-])[O-].[Pm]. The largest absolute Gasteiger partial charge is 0.412 e. The second-order valence-electron chi connectivity index (χ2n) is 0.224. The van der Waals surface area contributed by atoms with Crippen molar-refractivity contribution in [1.29, 1.82) is 0 Å². The second-order valence-corrected chi connectivity index (χ2v) is 0.224. The molecule has 0 aliphatic rings. The summed E-state index contributed by atoms with van der Waals surface area (Å²) < 4.78 is 0. The molecule has 0 aromatic heterocycles. The molecule has 0 aromatic rings. The molecule has 12 N–H and O–H groups in total. The molecule has 0 heterocycles. The van der Waals surface area contributed by atoms with Gasteiger partial charge in [0.2, 0.25) is 0 Å². The molecule has 1 radical (unpaired) electrons. The van der Waals surface area contributed by atoms with Gasteiger partial charge in [-0.15, -0.1) is 0 Å². The van der Waals surface area contributed by atoms with Gasteiger partial charge in [0.15, 0.2) is 0 Å². The van der Waals surface area contributed by atoms with Crippen LogP contribution in [0.2, 0.25) is 0 Å². The van der Waals surface area contributed by atoms with Crippen molar-refractivity contribution in [2.75, 3.05) is 0 Å². The van der Waals surface area contributed by atoms with E-state index < -0.39 is 5.09 Å². The molecule has 77 valence electrons. The van der Waals surface area contributed by atoms with Gasteiger partial charge in [-0.05, 0) is 0 Å². The average molecular weight is 315 g/mol. The van der Waals surface area contributed by atoms with Crippen LogP contribution in [0.15, 0.2) is 0 Å². The minimum Gasteiger partial charge on any atom is -0.412 e. The Labute approximate surface area is 93.3 Å². The van der Waals surface area contributed by atoms with E-state index in [1.54, 1.807) is 0 Å². The van der Waals surface area contributed by atoms with E-state index in [4.69, 9.17) is 15.3 Å². The first-order valence-corrected chi connectivity index (χ1v) is 0.548. The maximum absolute atomic E-state index is 8.25. The standard InChI is InChI=1S/NO3.6H2O.Pm/c2-1(3)4;;;;;;;/h;6*1H2;/q-1;;;;;;;. The van der Waals surface area contributed by atoms with E-state index in [0.29, 0.717) is 0 Å². The molecule has 11 heavy (non-hydrogen) atoms. The molecular formula is H12NO9Pm-. The van der Waals surface area contributed by atoms with Crippen molar-refractivity contribution in [3.8, 4) is 0 Å². The fraction of sp³-hybridized carbons (Fsp3) is 0. The first-order chi connectivity index (χ1) is 1.73. The Balaban J connectivity index is -0.00000000214. The molecule has 0 saturated heterocycles. The van der Waals surface area contributed by atoms with Crippen LogP contribution in [0.4, 0.5) is 0 Å². The fourth-order valence-corrected chi connectivity index (χ4v) is 0. The van der Waals surface area contributed by atoms with Crippen LogP contribution in [0, 0.1) is 55.7 Å². The van der Waals surface area contributed by atoms with Gasteiger partial charge in [0.25, 0.3) is 0 Å². The topological polar surface area (TPSA) is 255 Å². The van der Waals surface area contributed by atoms with Crippen molar-refractivity contribution in [3.63, 3.8) is 0 Å². The van der Waals surface area contributed by atoms with Crippen molar-refractivity contribution in [2.45, 2.75) is 0 Å². The van der Waals surface area contributed by atoms with Gasteiger partial charge in [-0.2, -0.15) is 0 Å². The van der Waals surface area contributed by atoms with Crippen LogP contribution < -0.4 is 0 Å². The smallest absolute Gasteiger partial charge is 0.0689 e. The van der Waals surface area contributed by atoms with Crippen LogP contribution in [0.3, 0.4) is 0 Å². The average Bonchev–Trinajstić information content (AvgIpc) is 0.811. The first-order valence-electron chi connectivity index (χ1n) is 0.548. The normalized spacial score (nSPS) is 2.18. The molecule has 0 rings (SSSR count). The van der Waals surface area contributed by atoms with Gasteiger partial charge < -0.3 is 48.2 Å². The van der Waals surface area contributed by atoms with E-state index >= 15 is 0 Å². The summed E-state index contributed by atoms with van der Waals surface area (Å²) in [7, 11) is 0. The Morgan fingerprint density at radius 2 is 0.727 bits per heavy atom. The van der Waals surface area contributed by atoms with Crippen LogP contribution in [0.25, 0.3) is 0 Å². The van der Waals surface area contributed by atoms with Gasteiger partial charge in [-0.25, -0.2) is 0 Å². The van der Waals surface area contributed by atoms with E-state index in [0.717, 1.165) is 0 Å². The third kappa shape index (κ3) is 8000. The van der Waals surface area contributed by atoms with Gasteiger partial charge >= 0.3 is 0 Å².